The van der Waals surface area contributed by atoms with Gasteiger partial charge in [0.1, 0.15) is 18.2 Å². The Bertz CT molecular complexity index is 744. The summed E-state index contributed by atoms with van der Waals surface area (Å²) in [6, 6.07) is 9.43. The highest BCUT2D eigenvalue weighted by Crippen LogP contribution is 2.26. The van der Waals surface area contributed by atoms with Crippen molar-refractivity contribution in [2.45, 2.75) is 18.9 Å². The zero-order valence-electron chi connectivity index (χ0n) is 13.7. The fourth-order valence-electron chi connectivity index (χ4n) is 2.49. The molecule has 1 aromatic carbocycles. The zero-order chi connectivity index (χ0) is 17.5. The van der Waals surface area contributed by atoms with E-state index in [-0.39, 0.29) is 11.8 Å². The minimum atomic E-state index is -0.450. The molecule has 0 radical (unpaired) electrons. The topological polar surface area (TPSA) is 60.5 Å². The van der Waals surface area contributed by atoms with Crippen molar-refractivity contribution in [1.82, 2.24) is 4.98 Å². The first-order valence-corrected chi connectivity index (χ1v) is 8.15. The molecule has 1 amide bonds. The lowest BCUT2D eigenvalue weighted by atomic mass is 10.2. The number of carbonyl (C=O) groups is 1. The van der Waals surface area contributed by atoms with Crippen LogP contribution in [-0.4, -0.2) is 30.2 Å². The molecule has 25 heavy (non-hydrogen) atoms. The summed E-state index contributed by atoms with van der Waals surface area (Å²) in [4.78, 5) is 16.2. The normalized spacial score (nSPS) is 16.9. The lowest BCUT2D eigenvalue weighted by Gasteiger charge is -2.15. The molecule has 1 N–H and O–H groups in total. The number of carbonyl (C=O) groups excluding carboxylic acids is 1. The van der Waals surface area contributed by atoms with Crippen molar-refractivity contribution in [2.24, 2.45) is 0 Å². The molecule has 0 saturated carbocycles. The number of amides is 1. The number of ether oxygens (including phenoxy) is 2. The molecular weight excluding hydrogens is 323 g/mol. The standard InChI is InChI=1S/C19H19FN2O3/c20-14-6-8-18(25-13-16-5-3-11-24-16)17(12-14)22-19(23)9-7-15-4-1-2-10-21-15/h1-2,4,6-10,12,16H,3,5,11,13H2,(H,22,23)/b9-7-/t16-/m1/s1. The van der Waals surface area contributed by atoms with Crippen LogP contribution >= 0.6 is 0 Å². The lowest BCUT2D eigenvalue weighted by molar-refractivity contribution is -0.111. The maximum absolute atomic E-state index is 13.5. The fraction of sp³-hybridized carbons (Fsp3) is 0.263. The minimum absolute atomic E-state index is 0.0395. The van der Waals surface area contributed by atoms with Gasteiger partial charge in [0.2, 0.25) is 5.91 Å². The van der Waals surface area contributed by atoms with Gasteiger partial charge in [-0.2, -0.15) is 0 Å². The molecule has 0 aliphatic carbocycles. The van der Waals surface area contributed by atoms with Gasteiger partial charge in [0.15, 0.2) is 0 Å². The molecule has 0 bridgehead atoms. The van der Waals surface area contributed by atoms with Crippen molar-refractivity contribution in [3.8, 4) is 5.75 Å². The summed E-state index contributed by atoms with van der Waals surface area (Å²) in [6.45, 7) is 1.11. The molecule has 1 aliphatic rings. The second-order valence-electron chi connectivity index (χ2n) is 5.66. The molecular formula is C19H19FN2O3. The number of nitrogens with zero attached hydrogens (tertiary/aromatic N) is 1. The monoisotopic (exact) mass is 342 g/mol. The lowest BCUT2D eigenvalue weighted by Crippen LogP contribution is -2.17. The molecule has 2 heterocycles. The van der Waals surface area contributed by atoms with Gasteiger partial charge in [0.05, 0.1) is 17.5 Å². The smallest absolute Gasteiger partial charge is 0.248 e. The summed E-state index contributed by atoms with van der Waals surface area (Å²) in [7, 11) is 0. The third-order valence-electron chi connectivity index (χ3n) is 3.74. The van der Waals surface area contributed by atoms with Crippen LogP contribution in [0.25, 0.3) is 6.08 Å². The van der Waals surface area contributed by atoms with Gasteiger partial charge < -0.3 is 14.8 Å². The predicted octanol–water partition coefficient (Wildman–Crippen LogP) is 3.43. The zero-order valence-corrected chi connectivity index (χ0v) is 13.7. The van der Waals surface area contributed by atoms with Crippen LogP contribution in [0.5, 0.6) is 5.75 Å². The maximum Gasteiger partial charge on any atom is 0.248 e. The van der Waals surface area contributed by atoms with Gasteiger partial charge in [-0.1, -0.05) is 6.07 Å². The van der Waals surface area contributed by atoms with E-state index in [1.54, 1.807) is 24.4 Å². The number of anilines is 1. The third-order valence-corrected chi connectivity index (χ3v) is 3.74. The Morgan fingerprint density at radius 3 is 3.08 bits per heavy atom. The van der Waals surface area contributed by atoms with Crippen molar-refractivity contribution >= 4 is 17.7 Å². The molecule has 0 unspecified atom stereocenters. The van der Waals surface area contributed by atoms with Gasteiger partial charge in [-0.25, -0.2) is 4.39 Å². The van der Waals surface area contributed by atoms with Gasteiger partial charge in [-0.15, -0.1) is 0 Å². The number of hydrogen-bond acceptors (Lipinski definition) is 4. The molecule has 2 aromatic rings. The van der Waals surface area contributed by atoms with Gasteiger partial charge in [-0.05, 0) is 43.2 Å². The molecule has 6 heteroatoms. The predicted molar refractivity (Wildman–Crippen MR) is 92.8 cm³/mol. The highest BCUT2D eigenvalue weighted by atomic mass is 19.1. The third kappa shape index (κ3) is 5.12. The molecule has 1 saturated heterocycles. The molecule has 1 aliphatic heterocycles. The summed E-state index contributed by atoms with van der Waals surface area (Å²) in [5.74, 6) is -0.428. The summed E-state index contributed by atoms with van der Waals surface area (Å²) in [6.07, 6.45) is 6.56. The van der Waals surface area contributed by atoms with Crippen molar-refractivity contribution in [3.05, 3.63) is 60.2 Å². The van der Waals surface area contributed by atoms with Gasteiger partial charge in [0.25, 0.3) is 0 Å². The van der Waals surface area contributed by atoms with Crippen LogP contribution in [0.15, 0.2) is 48.7 Å². The van der Waals surface area contributed by atoms with Crippen molar-refractivity contribution in [3.63, 3.8) is 0 Å². The number of hydrogen-bond donors (Lipinski definition) is 1. The van der Waals surface area contributed by atoms with Gasteiger partial charge in [0, 0.05) is 24.9 Å². The molecule has 5 nitrogen and oxygen atoms in total. The van der Waals surface area contributed by atoms with Crippen LogP contribution in [0.4, 0.5) is 10.1 Å². The second kappa shape index (κ2) is 8.39. The molecule has 1 fully saturated rings. The molecule has 1 aromatic heterocycles. The summed E-state index contributed by atoms with van der Waals surface area (Å²) in [5.41, 5.74) is 0.945. The Hall–Kier alpha value is -2.73. The van der Waals surface area contributed by atoms with Crippen LogP contribution in [0.1, 0.15) is 18.5 Å². The van der Waals surface area contributed by atoms with Crippen LogP contribution in [-0.2, 0) is 9.53 Å². The van der Waals surface area contributed by atoms with E-state index in [1.807, 2.05) is 6.07 Å². The number of benzene rings is 1. The maximum atomic E-state index is 13.5. The van der Waals surface area contributed by atoms with Crippen molar-refractivity contribution in [1.29, 1.82) is 0 Å². The average Bonchev–Trinajstić information content (AvgIpc) is 3.14. The highest BCUT2D eigenvalue weighted by Gasteiger charge is 2.17. The Morgan fingerprint density at radius 2 is 2.32 bits per heavy atom. The number of rotatable bonds is 6. The van der Waals surface area contributed by atoms with Crippen LogP contribution in [0, 0.1) is 5.82 Å². The van der Waals surface area contributed by atoms with Crippen molar-refractivity contribution < 1.29 is 18.7 Å². The molecule has 0 spiro atoms. The first-order chi connectivity index (χ1) is 12.2. The van der Waals surface area contributed by atoms with Gasteiger partial charge in [-0.3, -0.25) is 9.78 Å². The summed E-state index contributed by atoms with van der Waals surface area (Å²) >= 11 is 0. The second-order valence-corrected chi connectivity index (χ2v) is 5.66. The van der Waals surface area contributed by atoms with E-state index < -0.39 is 11.7 Å². The Kier molecular flexibility index (Phi) is 5.74. The van der Waals surface area contributed by atoms with E-state index >= 15 is 0 Å². The van der Waals surface area contributed by atoms with E-state index in [9.17, 15) is 9.18 Å². The highest BCUT2D eigenvalue weighted by molar-refractivity contribution is 6.02. The molecule has 3 rings (SSSR count). The number of aromatic nitrogens is 1. The Balaban J connectivity index is 1.64. The fourth-order valence-corrected chi connectivity index (χ4v) is 2.49. The van der Waals surface area contributed by atoms with E-state index in [1.165, 1.54) is 24.3 Å². The SMILES string of the molecule is O=C(/C=C\c1ccccn1)Nc1cc(F)ccc1OC[C@H]1CCCO1. The van der Waals surface area contributed by atoms with Crippen LogP contribution < -0.4 is 10.1 Å². The molecule has 1 atom stereocenters. The van der Waals surface area contributed by atoms with E-state index in [0.717, 1.165) is 19.4 Å². The van der Waals surface area contributed by atoms with E-state index in [4.69, 9.17) is 9.47 Å². The van der Waals surface area contributed by atoms with E-state index in [0.29, 0.717) is 18.1 Å². The van der Waals surface area contributed by atoms with Crippen LogP contribution in [0.2, 0.25) is 0 Å². The molecule has 130 valence electrons. The van der Waals surface area contributed by atoms with Crippen molar-refractivity contribution in [2.75, 3.05) is 18.5 Å². The largest absolute Gasteiger partial charge is 0.489 e. The number of halogens is 1. The Morgan fingerprint density at radius 1 is 1.40 bits per heavy atom. The summed E-state index contributed by atoms with van der Waals surface area (Å²) in [5, 5.41) is 2.64. The van der Waals surface area contributed by atoms with E-state index in [2.05, 4.69) is 10.3 Å². The summed E-state index contributed by atoms with van der Waals surface area (Å²) < 4.78 is 24.7. The van der Waals surface area contributed by atoms with Gasteiger partial charge >= 0.3 is 0 Å². The van der Waals surface area contributed by atoms with Crippen LogP contribution in [0.3, 0.4) is 0 Å². The first kappa shape index (κ1) is 17.1. The first-order valence-electron chi connectivity index (χ1n) is 8.15. The number of pyridine rings is 1. The quantitative estimate of drug-likeness (QED) is 0.817. The average molecular weight is 342 g/mol. The number of nitrogens with one attached hydrogen (secondary N) is 1. The minimum Gasteiger partial charge on any atom is -0.489 e. The Labute approximate surface area is 145 Å².